The molecule has 1 aliphatic heterocycles. The fourth-order valence-electron chi connectivity index (χ4n) is 12.8. The van der Waals surface area contributed by atoms with Crippen LogP contribution in [0.15, 0.2) is 97.1 Å². The van der Waals surface area contributed by atoms with Gasteiger partial charge in [-0.2, -0.15) is 18.4 Å². The predicted molar refractivity (Wildman–Crippen MR) is 402 cm³/mol. The quantitative estimate of drug-likeness (QED) is 0.00640. The molecule has 30 heteroatoms. The van der Waals surface area contributed by atoms with E-state index >= 15 is 9.59 Å². The highest BCUT2D eigenvalue weighted by molar-refractivity contribution is 6.31. The monoisotopic (exact) mass is 1510 g/mol. The number of fused-ring (bicyclic) bond motifs is 1. The van der Waals surface area contributed by atoms with Gasteiger partial charge in [-0.05, 0) is 182 Å². The number of aromatic nitrogens is 2. The molecule has 0 saturated carbocycles. The summed E-state index contributed by atoms with van der Waals surface area (Å²) in [5.41, 5.74) is 12.2. The molecule has 108 heavy (non-hydrogen) atoms. The summed E-state index contributed by atoms with van der Waals surface area (Å²) in [4.78, 5) is 125. The van der Waals surface area contributed by atoms with Crippen LogP contribution in [0.25, 0.3) is 11.3 Å². The molecule has 9 amide bonds. The van der Waals surface area contributed by atoms with Gasteiger partial charge in [-0.1, -0.05) is 61.7 Å². The SMILES string of the molecule is C#CCOC(=O)N[C@@H](CCCCNC(=O)OC(C)(C)C)C(=O)N[C@H](C(=O)N[C@@H](CCCNC(N)=O)C(=O)Nc1ccc(C[N+](C)(C)CCC[C@@H]2Cc3ccccc3CN2C(=O)c2ccc(Cl)cc2-c2cc(C(=O)N(c3ccc(OC(=O)C(F)(F)F)cc3)c3cc(C#N)n(C)c3C)c(C)n2C)c(CNC)c1)C(C)C. The minimum absolute atomic E-state index is 0.0440. The zero-order chi connectivity index (χ0) is 79.5. The van der Waals surface area contributed by atoms with Crippen LogP contribution < -0.4 is 52.6 Å². The summed E-state index contributed by atoms with van der Waals surface area (Å²) in [5, 5.41) is 29.8. The van der Waals surface area contributed by atoms with E-state index in [1.165, 1.54) is 23.1 Å². The van der Waals surface area contributed by atoms with Gasteiger partial charge in [0.15, 0.2) is 6.61 Å². The Morgan fingerprint density at radius 2 is 1.44 bits per heavy atom. The largest absolute Gasteiger partial charge is 0.491 e. The van der Waals surface area contributed by atoms with Gasteiger partial charge in [-0.25, -0.2) is 19.2 Å². The Balaban J connectivity index is 1.07. The van der Waals surface area contributed by atoms with Gasteiger partial charge in [-0.3, -0.25) is 28.9 Å². The maximum atomic E-state index is 15.5. The van der Waals surface area contributed by atoms with E-state index in [1.54, 1.807) is 109 Å². The molecule has 0 spiro atoms. The second-order valence-corrected chi connectivity index (χ2v) is 29.1. The van der Waals surface area contributed by atoms with Crippen LogP contribution >= 0.6 is 11.6 Å². The lowest BCUT2D eigenvalue weighted by Gasteiger charge is -2.38. The lowest BCUT2D eigenvalue weighted by atomic mass is 9.90. The first-order valence-electron chi connectivity index (χ1n) is 35.4. The van der Waals surface area contributed by atoms with Gasteiger partial charge in [0, 0.05) is 96.5 Å². The molecule has 2 aromatic heterocycles. The number of carbonyl (C=O) groups excluding carboxylic acids is 9. The van der Waals surface area contributed by atoms with Crippen molar-refractivity contribution < 1.29 is 75.0 Å². The van der Waals surface area contributed by atoms with E-state index < -0.39 is 89.4 Å². The van der Waals surface area contributed by atoms with E-state index in [1.807, 2.05) is 35.2 Å². The highest BCUT2D eigenvalue weighted by Crippen LogP contribution is 2.39. The van der Waals surface area contributed by atoms with Gasteiger partial charge < -0.3 is 75.7 Å². The number of alkyl halides is 3. The summed E-state index contributed by atoms with van der Waals surface area (Å²) < 4.78 is 58.2. The first-order chi connectivity index (χ1) is 50.9. The molecule has 0 unspecified atom stereocenters. The number of alkyl carbamates (subject to hydrolysis) is 2. The number of benzene rings is 4. The summed E-state index contributed by atoms with van der Waals surface area (Å²) in [6, 6.07) is 24.2. The number of halogens is 4. The molecular formula is C78H97ClF3N14O12+. The average molecular weight is 1520 g/mol. The molecule has 26 nitrogen and oxygen atoms in total. The molecule has 6 aromatic rings. The van der Waals surface area contributed by atoms with E-state index in [4.69, 9.17) is 33.2 Å². The Labute approximate surface area is 632 Å². The van der Waals surface area contributed by atoms with Crippen LogP contribution in [0, 0.1) is 43.4 Å². The highest BCUT2D eigenvalue weighted by atomic mass is 35.5. The van der Waals surface area contributed by atoms with E-state index in [0.29, 0.717) is 107 Å². The number of amides is 9. The number of nitrogens with two attached hydrogens (primary N) is 1. The Morgan fingerprint density at radius 1 is 0.769 bits per heavy atom. The number of primary amides is 1. The van der Waals surface area contributed by atoms with E-state index in [2.05, 4.69) is 74.1 Å². The molecular weight excluding hydrogens is 1420 g/mol. The van der Waals surface area contributed by atoms with Crippen molar-refractivity contribution in [3.05, 3.63) is 153 Å². The molecule has 4 aromatic carbocycles. The van der Waals surface area contributed by atoms with Gasteiger partial charge in [0.2, 0.25) is 17.7 Å². The number of carbonyl (C=O) groups is 9. The standard InChI is InChI=1S/C78H96ClF3N14O12/c1-14-37-106-76(105)90-64(24-17-18-34-87-75(104)108-77(6,7)8)69(98)91-67(47(2)3)70(99)89-63(25-19-35-86-74(84)103)68(97)88-55-28-26-52(53(38-55)44-85-9)46-96(12,13)36-20-23-57-39-50-21-15-16-22-51(50)45-94(57)71(100)60-33-27-54(79)40-62(60)66-42-61(48(4)93(66)11)72(101)95(65-41-58(43-83)92(10)49(65)5)56-29-31-59(32-30-56)107-73(102)78(80,81)82/h1,15-16,21-22,26-33,38,40-42,47,57,63-64,67,85H,17-20,23-25,34-37,39,44-46H2,2-13H3,(H7-,84,86,87,88,89,90,91,97,98,99,103,104,105)/p+1/t57-,63+,64+,67+/m1/s1. The number of unbranched alkanes of at least 4 members (excludes halogenated alkanes) is 1. The molecule has 0 radical (unpaired) electrons. The van der Waals surface area contributed by atoms with Gasteiger partial charge in [0.05, 0.1) is 31.9 Å². The molecule has 578 valence electrons. The number of nitriles is 1. The number of esters is 1. The van der Waals surface area contributed by atoms with Gasteiger partial charge in [-0.15, -0.1) is 6.42 Å². The third-order valence-electron chi connectivity index (χ3n) is 18.5. The highest BCUT2D eigenvalue weighted by Gasteiger charge is 2.42. The summed E-state index contributed by atoms with van der Waals surface area (Å²) in [6.45, 7) is 13.9. The number of nitrogens with one attached hydrogen (secondary N) is 7. The fraction of sp³-hybridized carbons (Fsp3) is 0.436. The fourth-order valence-corrected chi connectivity index (χ4v) is 12.9. The summed E-state index contributed by atoms with van der Waals surface area (Å²) in [6.07, 6.45) is 1.42. The Hall–Kier alpha value is -10.9. The number of terminal acetylenes is 1. The Kier molecular flexibility index (Phi) is 29.4. The smallest absolute Gasteiger partial charge is 0.444 e. The number of urea groups is 1. The van der Waals surface area contributed by atoms with Gasteiger partial charge in [0.25, 0.3) is 11.8 Å². The van der Waals surface area contributed by atoms with Crippen LogP contribution in [-0.2, 0) is 68.8 Å². The number of rotatable bonds is 32. The van der Waals surface area contributed by atoms with E-state index in [0.717, 1.165) is 34.4 Å². The van der Waals surface area contributed by atoms with Crippen molar-refractivity contribution in [1.29, 1.82) is 5.26 Å². The van der Waals surface area contributed by atoms with Crippen molar-refractivity contribution in [3.8, 4) is 35.4 Å². The number of hydrogen-bond donors (Lipinski definition) is 8. The summed E-state index contributed by atoms with van der Waals surface area (Å²) in [7, 11) is 9.44. The van der Waals surface area contributed by atoms with E-state index in [-0.39, 0.29) is 67.9 Å². The van der Waals surface area contributed by atoms with Crippen molar-refractivity contribution in [3.63, 3.8) is 0 Å². The minimum atomic E-state index is -5.25. The molecule has 0 saturated heterocycles. The first kappa shape index (κ1) is 84.4. The molecule has 4 atom stereocenters. The third kappa shape index (κ3) is 23.1. The number of nitrogens with zero attached hydrogens (tertiary/aromatic N) is 6. The van der Waals surface area contributed by atoms with E-state index in [9.17, 15) is 52.0 Å². The van der Waals surface area contributed by atoms with Gasteiger partial charge >= 0.3 is 30.4 Å². The van der Waals surface area contributed by atoms with Crippen molar-refractivity contribution in [2.45, 2.75) is 155 Å². The number of quaternary nitrogens is 1. The number of ether oxygens (including phenoxy) is 3. The lowest BCUT2D eigenvalue weighted by molar-refractivity contribution is -0.903. The molecule has 0 bridgehead atoms. The van der Waals surface area contributed by atoms with Crippen LogP contribution in [0.5, 0.6) is 5.75 Å². The van der Waals surface area contributed by atoms with Crippen molar-refractivity contribution in [1.82, 2.24) is 45.9 Å². The minimum Gasteiger partial charge on any atom is -0.444 e. The zero-order valence-electron chi connectivity index (χ0n) is 63.0. The maximum Gasteiger partial charge on any atom is 0.491 e. The Morgan fingerprint density at radius 3 is 2.08 bits per heavy atom. The first-order valence-corrected chi connectivity index (χ1v) is 35.8. The molecule has 1 aliphatic rings. The van der Waals surface area contributed by atoms with Crippen LogP contribution in [0.4, 0.5) is 44.6 Å². The number of hydrogen-bond acceptors (Lipinski definition) is 14. The molecule has 9 N–H and O–H groups in total. The summed E-state index contributed by atoms with van der Waals surface area (Å²) >= 11 is 6.79. The molecule has 0 fully saturated rings. The van der Waals surface area contributed by atoms with Crippen LogP contribution in [0.1, 0.15) is 140 Å². The van der Waals surface area contributed by atoms with Crippen molar-refractivity contribution in [2.24, 2.45) is 25.7 Å². The van der Waals surface area contributed by atoms with Crippen molar-refractivity contribution in [2.75, 3.05) is 57.6 Å². The second-order valence-electron chi connectivity index (χ2n) is 28.6. The maximum absolute atomic E-state index is 15.5. The average Bonchev–Trinajstić information content (AvgIpc) is 1.54. The van der Waals surface area contributed by atoms with Crippen LogP contribution in [0.2, 0.25) is 5.02 Å². The second kappa shape index (κ2) is 37.6. The van der Waals surface area contributed by atoms with Crippen LogP contribution in [-0.4, -0.2) is 156 Å². The Bertz CT molecular complexity index is 4360. The third-order valence-corrected chi connectivity index (χ3v) is 18.8. The molecule has 3 heterocycles. The zero-order valence-corrected chi connectivity index (χ0v) is 63.7. The topological polar surface area (TPSA) is 332 Å². The van der Waals surface area contributed by atoms with Crippen molar-refractivity contribution >= 4 is 82.4 Å². The molecule has 0 aliphatic carbocycles. The van der Waals surface area contributed by atoms with Gasteiger partial charge in [0.1, 0.15) is 47.8 Å². The lowest BCUT2D eigenvalue weighted by Crippen LogP contribution is -2.57. The normalized spacial score (nSPS) is 13.7. The predicted octanol–water partition coefficient (Wildman–Crippen LogP) is 10.4. The number of anilines is 3. The summed E-state index contributed by atoms with van der Waals surface area (Å²) in [5.74, 6) is -4.02. The van der Waals surface area contributed by atoms with Crippen LogP contribution in [0.3, 0.4) is 0 Å². The molecule has 7 rings (SSSR count).